The Morgan fingerprint density at radius 1 is 1.10 bits per heavy atom. The third-order valence-corrected chi connectivity index (χ3v) is 3.85. The predicted molar refractivity (Wildman–Crippen MR) is 92.2 cm³/mol. The normalized spacial score (nSPS) is 10.5. The van der Waals surface area contributed by atoms with Crippen LogP contribution in [-0.2, 0) is 6.42 Å². The molecule has 1 N–H and O–H groups in total. The van der Waals surface area contributed by atoms with E-state index in [0.29, 0.717) is 4.51 Å². The molecule has 4 heteroatoms. The Hall–Kier alpha value is -0.740. The van der Waals surface area contributed by atoms with Crippen molar-refractivity contribution < 1.29 is 0 Å². The lowest BCUT2D eigenvalue weighted by molar-refractivity contribution is 0.298. The van der Waals surface area contributed by atoms with Crippen LogP contribution in [0.15, 0.2) is 4.79 Å². The van der Waals surface area contributed by atoms with E-state index in [4.69, 9.17) is 12.2 Å². The maximum Gasteiger partial charge on any atom is 0.204 e. The zero-order valence-corrected chi connectivity index (χ0v) is 14.5. The Bertz CT molecular complexity index is 432. The summed E-state index contributed by atoms with van der Waals surface area (Å²) in [6, 6.07) is 0. The van der Waals surface area contributed by atoms with E-state index in [-0.39, 0.29) is 5.43 Å². The van der Waals surface area contributed by atoms with Gasteiger partial charge in [0, 0.05) is 12.1 Å². The van der Waals surface area contributed by atoms with Crippen molar-refractivity contribution in [2.24, 2.45) is 0 Å². The average Bonchev–Trinajstić information content (AvgIpc) is 2.51. The van der Waals surface area contributed by atoms with Gasteiger partial charge in [0.25, 0.3) is 0 Å². The van der Waals surface area contributed by atoms with E-state index >= 15 is 0 Å². The minimum Gasteiger partial charge on any atom is -0.383 e. The van der Waals surface area contributed by atoms with Gasteiger partial charge in [-0.25, -0.2) is 0 Å². The molecule has 1 aromatic carbocycles. The lowest BCUT2D eigenvalue weighted by Gasteiger charge is -2.18. The molecule has 0 atom stereocenters. The van der Waals surface area contributed by atoms with Crippen molar-refractivity contribution in [1.82, 2.24) is 4.90 Å². The molecule has 0 unspecified atom stereocenters. The summed E-state index contributed by atoms with van der Waals surface area (Å²) in [5.41, 5.74) is 1.88. The quantitative estimate of drug-likeness (QED) is 0.555. The average molecular weight is 298 g/mol. The van der Waals surface area contributed by atoms with Crippen LogP contribution in [0.25, 0.3) is 0 Å². The number of nitrogens with zero attached hydrogens (tertiary/aromatic N) is 1. The van der Waals surface area contributed by atoms with Gasteiger partial charge in [0.1, 0.15) is 4.51 Å². The van der Waals surface area contributed by atoms with Gasteiger partial charge in [-0.05, 0) is 38.9 Å². The summed E-state index contributed by atoms with van der Waals surface area (Å²) in [6.07, 6.45) is 3.08. The maximum atomic E-state index is 11.4. The maximum absolute atomic E-state index is 11.4. The highest BCUT2D eigenvalue weighted by Gasteiger charge is 2.14. The van der Waals surface area contributed by atoms with Crippen molar-refractivity contribution in [2.75, 3.05) is 31.5 Å². The summed E-state index contributed by atoms with van der Waals surface area (Å²) in [6.45, 7) is 14.7. The van der Waals surface area contributed by atoms with E-state index in [1.807, 2.05) is 20.8 Å². The van der Waals surface area contributed by atoms with E-state index < -0.39 is 0 Å². The standard InChI is InChI=1S/C14H24N2OS.C2H6/c1-4-11-12(14(18)13(11)17)15-9-7-8-10-16(5-2)6-3;1-2/h15H,4-10H2,1-3H3;1-2H3. The molecule has 0 spiro atoms. The van der Waals surface area contributed by atoms with Crippen molar-refractivity contribution in [3.8, 4) is 0 Å². The molecule has 0 amide bonds. The second-order valence-corrected chi connectivity index (χ2v) is 4.93. The first-order valence-electron chi connectivity index (χ1n) is 7.94. The summed E-state index contributed by atoms with van der Waals surface area (Å²) < 4.78 is 0.496. The van der Waals surface area contributed by atoms with Gasteiger partial charge < -0.3 is 10.2 Å². The second-order valence-electron chi connectivity index (χ2n) is 4.53. The minimum absolute atomic E-state index is 0.0677. The number of nitrogens with one attached hydrogen (secondary N) is 1. The van der Waals surface area contributed by atoms with Crippen LogP contribution >= 0.6 is 12.2 Å². The molecule has 0 aliphatic rings. The van der Waals surface area contributed by atoms with Gasteiger partial charge in [-0.1, -0.05) is 46.8 Å². The fourth-order valence-corrected chi connectivity index (χ4v) is 2.50. The molecule has 3 nitrogen and oxygen atoms in total. The Labute approximate surface area is 129 Å². The monoisotopic (exact) mass is 298 g/mol. The molecule has 0 bridgehead atoms. The molecule has 116 valence electrons. The number of hydrogen-bond acceptors (Lipinski definition) is 4. The van der Waals surface area contributed by atoms with Crippen molar-refractivity contribution in [3.05, 3.63) is 20.3 Å². The molecule has 0 aliphatic carbocycles. The SMILES string of the molecule is CC.CCc1c(NCCCCN(CC)CC)c(=S)c1=O. The second kappa shape index (κ2) is 11.0. The van der Waals surface area contributed by atoms with Crippen molar-refractivity contribution in [2.45, 2.75) is 53.9 Å². The Morgan fingerprint density at radius 3 is 2.20 bits per heavy atom. The van der Waals surface area contributed by atoms with E-state index in [0.717, 1.165) is 50.3 Å². The minimum atomic E-state index is 0.0677. The molecule has 0 heterocycles. The summed E-state index contributed by atoms with van der Waals surface area (Å²) in [7, 11) is 0. The van der Waals surface area contributed by atoms with Crippen LogP contribution in [0.2, 0.25) is 0 Å². The topological polar surface area (TPSA) is 32.3 Å². The van der Waals surface area contributed by atoms with E-state index in [1.165, 1.54) is 6.42 Å². The van der Waals surface area contributed by atoms with Crippen LogP contribution in [0.5, 0.6) is 0 Å². The molecule has 0 saturated heterocycles. The summed E-state index contributed by atoms with van der Waals surface area (Å²) in [5, 5.41) is 3.31. The van der Waals surface area contributed by atoms with Crippen LogP contribution in [0.3, 0.4) is 0 Å². The van der Waals surface area contributed by atoms with E-state index in [2.05, 4.69) is 24.1 Å². The molecule has 20 heavy (non-hydrogen) atoms. The number of rotatable bonds is 9. The first-order chi connectivity index (χ1) is 9.65. The van der Waals surface area contributed by atoms with Gasteiger partial charge in [-0.3, -0.25) is 4.79 Å². The summed E-state index contributed by atoms with van der Waals surface area (Å²) >= 11 is 5.05. The lowest BCUT2D eigenvalue weighted by atomic mass is 10.1. The van der Waals surface area contributed by atoms with Crippen molar-refractivity contribution in [3.63, 3.8) is 0 Å². The molecule has 0 aromatic heterocycles. The summed E-state index contributed by atoms with van der Waals surface area (Å²) in [4.78, 5) is 13.8. The fraction of sp³-hybridized carbons (Fsp3) is 0.750. The summed E-state index contributed by atoms with van der Waals surface area (Å²) in [5.74, 6) is 0. The largest absolute Gasteiger partial charge is 0.383 e. The zero-order valence-electron chi connectivity index (χ0n) is 13.7. The molecular weight excluding hydrogens is 268 g/mol. The van der Waals surface area contributed by atoms with E-state index in [1.54, 1.807) is 0 Å². The zero-order chi connectivity index (χ0) is 15.5. The lowest BCUT2D eigenvalue weighted by Crippen LogP contribution is -2.25. The molecule has 0 fully saturated rings. The van der Waals surface area contributed by atoms with Gasteiger partial charge >= 0.3 is 0 Å². The highest BCUT2D eigenvalue weighted by Crippen LogP contribution is 2.17. The van der Waals surface area contributed by atoms with Crippen LogP contribution in [0.4, 0.5) is 5.69 Å². The van der Waals surface area contributed by atoms with Crippen molar-refractivity contribution >= 4 is 17.9 Å². The van der Waals surface area contributed by atoms with Crippen LogP contribution in [0, 0.1) is 4.51 Å². The molecular formula is C16H30N2OS. The first kappa shape index (κ1) is 19.3. The predicted octanol–water partition coefficient (Wildman–Crippen LogP) is 3.77. The Balaban J connectivity index is 0.00000172. The van der Waals surface area contributed by atoms with Gasteiger partial charge in [-0.15, -0.1) is 0 Å². The highest BCUT2D eigenvalue weighted by molar-refractivity contribution is 7.71. The van der Waals surface area contributed by atoms with Gasteiger partial charge in [-0.2, -0.15) is 0 Å². The van der Waals surface area contributed by atoms with Crippen LogP contribution < -0.4 is 10.7 Å². The third kappa shape index (κ3) is 5.33. The van der Waals surface area contributed by atoms with Crippen LogP contribution in [0.1, 0.15) is 53.0 Å². The molecule has 0 radical (unpaired) electrons. The smallest absolute Gasteiger partial charge is 0.204 e. The highest BCUT2D eigenvalue weighted by atomic mass is 32.1. The van der Waals surface area contributed by atoms with Crippen molar-refractivity contribution in [1.29, 1.82) is 0 Å². The van der Waals surface area contributed by atoms with Gasteiger partial charge in [0.05, 0.1) is 5.69 Å². The molecule has 1 aromatic rings. The molecule has 1 rings (SSSR count). The van der Waals surface area contributed by atoms with Gasteiger partial charge in [0.2, 0.25) is 5.43 Å². The first-order valence-corrected chi connectivity index (χ1v) is 8.34. The number of unbranched alkanes of at least 4 members (excludes halogenated alkanes) is 1. The molecule has 0 saturated carbocycles. The van der Waals surface area contributed by atoms with E-state index in [9.17, 15) is 4.79 Å². The Morgan fingerprint density at radius 2 is 1.70 bits per heavy atom. The third-order valence-electron chi connectivity index (χ3n) is 3.46. The van der Waals surface area contributed by atoms with Crippen LogP contribution in [-0.4, -0.2) is 31.1 Å². The number of anilines is 1. The molecule has 0 aliphatic heterocycles. The number of hydrogen-bond donors (Lipinski definition) is 1. The fourth-order valence-electron chi connectivity index (χ4n) is 2.18. The van der Waals surface area contributed by atoms with Gasteiger partial charge in [0.15, 0.2) is 0 Å². The Kier molecular flexibility index (Phi) is 10.6.